The summed E-state index contributed by atoms with van der Waals surface area (Å²) >= 11 is 0. The van der Waals surface area contributed by atoms with E-state index < -0.39 is 0 Å². The number of hydrogen-bond acceptors (Lipinski definition) is 4. The van der Waals surface area contributed by atoms with Crippen molar-refractivity contribution in [3.05, 3.63) is 23.8 Å². The smallest absolute Gasteiger partial charge is 0.161 e. The number of ether oxygens (including phenoxy) is 2. The molecule has 1 aliphatic heterocycles. The maximum atomic E-state index is 9.41. The van der Waals surface area contributed by atoms with E-state index in [9.17, 15) is 5.11 Å². The standard InChI is InChI=1S/C16H25NO3/c1-11(2)14(10-18)17-12(3)13-5-6-15-16(9-13)20-8-4-7-19-15/h5-6,9,11-12,14,17-18H,4,7-8,10H2,1-3H3/t12?,14-/m1/s1. The van der Waals surface area contributed by atoms with E-state index in [2.05, 4.69) is 32.2 Å². The van der Waals surface area contributed by atoms with Crippen LogP contribution >= 0.6 is 0 Å². The van der Waals surface area contributed by atoms with Crippen molar-refractivity contribution in [1.29, 1.82) is 0 Å². The Kier molecular flexibility index (Phi) is 5.26. The Morgan fingerprint density at radius 2 is 1.85 bits per heavy atom. The van der Waals surface area contributed by atoms with Crippen molar-refractivity contribution < 1.29 is 14.6 Å². The molecule has 1 aromatic rings. The Labute approximate surface area is 121 Å². The average molecular weight is 279 g/mol. The molecule has 1 aromatic carbocycles. The molecule has 0 radical (unpaired) electrons. The van der Waals surface area contributed by atoms with Gasteiger partial charge in [-0.25, -0.2) is 0 Å². The van der Waals surface area contributed by atoms with Gasteiger partial charge < -0.3 is 19.9 Å². The van der Waals surface area contributed by atoms with Crippen LogP contribution in [-0.2, 0) is 0 Å². The largest absolute Gasteiger partial charge is 0.490 e. The summed E-state index contributed by atoms with van der Waals surface area (Å²) in [4.78, 5) is 0. The highest BCUT2D eigenvalue weighted by Crippen LogP contribution is 2.32. The van der Waals surface area contributed by atoms with E-state index in [-0.39, 0.29) is 18.7 Å². The molecule has 0 fully saturated rings. The van der Waals surface area contributed by atoms with Gasteiger partial charge in [-0.05, 0) is 30.5 Å². The second kappa shape index (κ2) is 6.95. The molecule has 112 valence electrons. The first-order valence-electron chi connectivity index (χ1n) is 7.38. The van der Waals surface area contributed by atoms with E-state index in [1.807, 2.05) is 12.1 Å². The first-order valence-corrected chi connectivity index (χ1v) is 7.38. The highest BCUT2D eigenvalue weighted by Gasteiger charge is 2.18. The number of rotatable bonds is 5. The molecule has 0 amide bonds. The Bertz CT molecular complexity index is 434. The maximum absolute atomic E-state index is 9.41. The van der Waals surface area contributed by atoms with Crippen LogP contribution in [0.5, 0.6) is 11.5 Å². The van der Waals surface area contributed by atoms with Crippen LogP contribution in [0.15, 0.2) is 18.2 Å². The second-order valence-corrected chi connectivity index (χ2v) is 5.68. The maximum Gasteiger partial charge on any atom is 0.161 e. The van der Waals surface area contributed by atoms with Gasteiger partial charge in [0.25, 0.3) is 0 Å². The van der Waals surface area contributed by atoms with E-state index >= 15 is 0 Å². The van der Waals surface area contributed by atoms with Crippen LogP contribution in [0, 0.1) is 5.92 Å². The van der Waals surface area contributed by atoms with Crippen molar-refractivity contribution in [2.75, 3.05) is 19.8 Å². The Balaban J connectivity index is 2.10. The highest BCUT2D eigenvalue weighted by atomic mass is 16.5. The molecule has 2 atom stereocenters. The summed E-state index contributed by atoms with van der Waals surface area (Å²) in [7, 11) is 0. The molecule has 4 heteroatoms. The molecule has 1 aliphatic rings. The molecule has 0 spiro atoms. The van der Waals surface area contributed by atoms with Crippen molar-refractivity contribution in [2.24, 2.45) is 5.92 Å². The van der Waals surface area contributed by atoms with Gasteiger partial charge in [-0.15, -0.1) is 0 Å². The lowest BCUT2D eigenvalue weighted by Gasteiger charge is -2.25. The zero-order valence-electron chi connectivity index (χ0n) is 12.6. The summed E-state index contributed by atoms with van der Waals surface area (Å²) in [6, 6.07) is 6.32. The summed E-state index contributed by atoms with van der Waals surface area (Å²) in [5, 5.41) is 12.9. The average Bonchev–Trinajstić information content (AvgIpc) is 2.68. The fourth-order valence-corrected chi connectivity index (χ4v) is 2.32. The van der Waals surface area contributed by atoms with Crippen LogP contribution in [0.2, 0.25) is 0 Å². The Hall–Kier alpha value is -1.26. The molecule has 1 heterocycles. The van der Waals surface area contributed by atoms with E-state index in [1.54, 1.807) is 0 Å². The van der Waals surface area contributed by atoms with Crippen LogP contribution in [0.1, 0.15) is 38.8 Å². The Morgan fingerprint density at radius 3 is 2.50 bits per heavy atom. The van der Waals surface area contributed by atoms with E-state index in [0.29, 0.717) is 19.1 Å². The van der Waals surface area contributed by atoms with Gasteiger partial charge in [0, 0.05) is 18.5 Å². The summed E-state index contributed by atoms with van der Waals surface area (Å²) in [6.45, 7) is 7.86. The van der Waals surface area contributed by atoms with Crippen LogP contribution in [-0.4, -0.2) is 31.0 Å². The van der Waals surface area contributed by atoms with E-state index in [1.165, 1.54) is 0 Å². The van der Waals surface area contributed by atoms with E-state index in [0.717, 1.165) is 23.5 Å². The van der Waals surface area contributed by atoms with Gasteiger partial charge in [-0.3, -0.25) is 0 Å². The van der Waals surface area contributed by atoms with Crippen molar-refractivity contribution in [2.45, 2.75) is 39.3 Å². The molecule has 0 aliphatic carbocycles. The third-order valence-corrected chi connectivity index (χ3v) is 3.74. The summed E-state index contributed by atoms with van der Waals surface area (Å²) < 4.78 is 11.4. The Morgan fingerprint density at radius 1 is 1.15 bits per heavy atom. The van der Waals surface area contributed by atoms with Gasteiger partial charge in [0.15, 0.2) is 11.5 Å². The van der Waals surface area contributed by atoms with Gasteiger partial charge in [-0.2, -0.15) is 0 Å². The lowest BCUT2D eigenvalue weighted by Crippen LogP contribution is -2.38. The fourth-order valence-electron chi connectivity index (χ4n) is 2.32. The number of nitrogens with one attached hydrogen (secondary N) is 1. The lowest BCUT2D eigenvalue weighted by atomic mass is 10.0. The van der Waals surface area contributed by atoms with Crippen molar-refractivity contribution >= 4 is 0 Å². The van der Waals surface area contributed by atoms with Gasteiger partial charge in [0.05, 0.1) is 19.8 Å². The highest BCUT2D eigenvalue weighted by molar-refractivity contribution is 5.44. The monoisotopic (exact) mass is 279 g/mol. The number of fused-ring (bicyclic) bond motifs is 1. The van der Waals surface area contributed by atoms with Crippen molar-refractivity contribution in [3.8, 4) is 11.5 Å². The predicted octanol–water partition coefficient (Wildman–Crippen LogP) is 2.52. The van der Waals surface area contributed by atoms with Crippen LogP contribution in [0.4, 0.5) is 0 Å². The molecule has 1 unspecified atom stereocenters. The molecule has 4 nitrogen and oxygen atoms in total. The normalized spacial score (nSPS) is 17.6. The minimum absolute atomic E-state index is 0.0981. The molecule has 0 bridgehead atoms. The lowest BCUT2D eigenvalue weighted by molar-refractivity contribution is 0.201. The third-order valence-electron chi connectivity index (χ3n) is 3.74. The number of benzene rings is 1. The summed E-state index contributed by atoms with van der Waals surface area (Å²) in [5.74, 6) is 2.03. The topological polar surface area (TPSA) is 50.7 Å². The molecule has 0 aromatic heterocycles. The fraction of sp³-hybridized carbons (Fsp3) is 0.625. The van der Waals surface area contributed by atoms with Gasteiger partial charge in [-0.1, -0.05) is 19.9 Å². The van der Waals surface area contributed by atoms with Crippen LogP contribution in [0.25, 0.3) is 0 Å². The zero-order valence-corrected chi connectivity index (χ0v) is 12.6. The van der Waals surface area contributed by atoms with Gasteiger partial charge >= 0.3 is 0 Å². The zero-order chi connectivity index (χ0) is 14.5. The summed E-state index contributed by atoms with van der Waals surface area (Å²) in [6.07, 6.45) is 0.914. The molecule has 2 rings (SSSR count). The molecule has 2 N–H and O–H groups in total. The van der Waals surface area contributed by atoms with Gasteiger partial charge in [0.2, 0.25) is 0 Å². The minimum atomic E-state index is 0.0981. The number of aliphatic hydroxyl groups is 1. The quantitative estimate of drug-likeness (QED) is 0.869. The summed E-state index contributed by atoms with van der Waals surface area (Å²) in [5.41, 5.74) is 1.15. The van der Waals surface area contributed by atoms with E-state index in [4.69, 9.17) is 9.47 Å². The first-order chi connectivity index (χ1) is 9.61. The van der Waals surface area contributed by atoms with Crippen LogP contribution < -0.4 is 14.8 Å². The molecular weight excluding hydrogens is 254 g/mol. The SMILES string of the molecule is CC(N[C@H](CO)C(C)C)c1ccc2c(c1)OCCCO2. The molecule has 0 saturated carbocycles. The van der Waals surface area contributed by atoms with Crippen LogP contribution in [0.3, 0.4) is 0 Å². The molecule has 20 heavy (non-hydrogen) atoms. The number of aliphatic hydroxyl groups excluding tert-OH is 1. The number of hydrogen-bond donors (Lipinski definition) is 2. The predicted molar refractivity (Wildman–Crippen MR) is 79.3 cm³/mol. The van der Waals surface area contributed by atoms with Gasteiger partial charge in [0.1, 0.15) is 0 Å². The molecular formula is C16H25NO3. The van der Waals surface area contributed by atoms with Crippen molar-refractivity contribution in [3.63, 3.8) is 0 Å². The first kappa shape index (κ1) is 15.1. The second-order valence-electron chi connectivity index (χ2n) is 5.68. The molecule has 0 saturated heterocycles. The van der Waals surface area contributed by atoms with Crippen molar-refractivity contribution in [1.82, 2.24) is 5.32 Å². The minimum Gasteiger partial charge on any atom is -0.490 e. The third kappa shape index (κ3) is 3.64.